The molecule has 2 atom stereocenters. The third-order valence-corrected chi connectivity index (χ3v) is 7.28. The Labute approximate surface area is 178 Å². The smallest absolute Gasteiger partial charge is 0.239 e. The lowest BCUT2D eigenvalue weighted by atomic mass is 9.48. The topological polar surface area (TPSA) is 54.5 Å². The Balaban J connectivity index is 1.67. The Kier molecular flexibility index (Phi) is 3.46. The van der Waals surface area contributed by atoms with Crippen molar-refractivity contribution in [2.24, 2.45) is 11.8 Å². The molecule has 1 saturated heterocycles. The predicted molar refractivity (Wildman–Crippen MR) is 112 cm³/mol. The van der Waals surface area contributed by atoms with E-state index in [1.54, 1.807) is 24.3 Å². The van der Waals surface area contributed by atoms with Gasteiger partial charge in [0, 0.05) is 5.92 Å². The number of hydrogen-bond donors (Lipinski definition) is 0. The summed E-state index contributed by atoms with van der Waals surface area (Å²) < 4.78 is 0. The third-order valence-electron chi connectivity index (χ3n) is 6.96. The van der Waals surface area contributed by atoms with Crippen molar-refractivity contribution in [3.8, 4) is 0 Å². The number of benzene rings is 3. The average molecular weight is 414 g/mol. The van der Waals surface area contributed by atoms with Gasteiger partial charge in [-0.25, -0.2) is 4.90 Å². The van der Waals surface area contributed by atoms with Crippen molar-refractivity contribution in [2.75, 3.05) is 4.90 Å². The summed E-state index contributed by atoms with van der Waals surface area (Å²) in [4.78, 5) is 41.5. The van der Waals surface area contributed by atoms with Crippen LogP contribution in [-0.4, -0.2) is 18.1 Å². The van der Waals surface area contributed by atoms with Gasteiger partial charge in [0.05, 0.1) is 28.0 Å². The normalized spacial score (nSPS) is 28.2. The zero-order valence-electron chi connectivity index (χ0n) is 15.8. The number of halogens is 1. The van der Waals surface area contributed by atoms with E-state index in [-0.39, 0.29) is 17.7 Å². The number of nitrogens with zero attached hydrogens (tertiary/aromatic N) is 1. The second-order valence-electron chi connectivity index (χ2n) is 8.11. The second kappa shape index (κ2) is 5.89. The van der Waals surface area contributed by atoms with Crippen LogP contribution in [-0.2, 0) is 19.8 Å². The molecule has 1 aliphatic heterocycles. The van der Waals surface area contributed by atoms with Crippen molar-refractivity contribution >= 4 is 35.4 Å². The molecule has 0 radical (unpaired) electrons. The molecule has 1 heterocycles. The molecular formula is C25H16ClNO3. The van der Waals surface area contributed by atoms with Gasteiger partial charge in [0.2, 0.25) is 11.8 Å². The first kappa shape index (κ1) is 17.6. The van der Waals surface area contributed by atoms with Crippen molar-refractivity contribution < 1.29 is 14.4 Å². The Hall–Kier alpha value is -3.24. The van der Waals surface area contributed by atoms with Crippen molar-refractivity contribution in [1.82, 2.24) is 0 Å². The standard InChI is InChI=1S/C25H16ClNO3/c26-18-11-5-6-12-19(18)27-23(29)21-20-14-7-1-3-9-16(14)25(13-28,22(21)24(27)30)17-10-4-2-8-15(17)20/h1-13,20-22H. The molecule has 0 spiro atoms. The van der Waals surface area contributed by atoms with E-state index in [1.807, 2.05) is 48.5 Å². The number of amides is 2. The van der Waals surface area contributed by atoms with Gasteiger partial charge in [0.15, 0.2) is 0 Å². The highest BCUT2D eigenvalue weighted by Crippen LogP contribution is 2.63. The molecule has 1 fully saturated rings. The molecule has 2 amide bonds. The van der Waals surface area contributed by atoms with Crippen LogP contribution in [0.3, 0.4) is 0 Å². The first-order valence-electron chi connectivity index (χ1n) is 9.88. The molecule has 30 heavy (non-hydrogen) atoms. The zero-order valence-corrected chi connectivity index (χ0v) is 16.5. The van der Waals surface area contributed by atoms with Gasteiger partial charge in [-0.05, 0) is 34.4 Å². The number of aldehydes is 1. The van der Waals surface area contributed by atoms with E-state index in [9.17, 15) is 14.4 Å². The van der Waals surface area contributed by atoms with E-state index in [2.05, 4.69) is 0 Å². The van der Waals surface area contributed by atoms with Crippen LogP contribution in [0.2, 0.25) is 5.02 Å². The zero-order chi connectivity index (χ0) is 20.6. The lowest BCUT2D eigenvalue weighted by Crippen LogP contribution is -2.54. The van der Waals surface area contributed by atoms with Crippen molar-refractivity contribution in [3.63, 3.8) is 0 Å². The Morgan fingerprint density at radius 3 is 1.97 bits per heavy atom. The highest BCUT2D eigenvalue weighted by molar-refractivity contribution is 6.36. The van der Waals surface area contributed by atoms with Gasteiger partial charge in [0.1, 0.15) is 6.29 Å². The predicted octanol–water partition coefficient (Wildman–Crippen LogP) is 4.09. The van der Waals surface area contributed by atoms with Crippen LogP contribution in [0.1, 0.15) is 28.2 Å². The molecule has 4 aliphatic rings. The summed E-state index contributed by atoms with van der Waals surface area (Å²) in [7, 11) is 0. The Bertz CT molecular complexity index is 1220. The highest BCUT2D eigenvalue weighted by atomic mass is 35.5. The van der Waals surface area contributed by atoms with Crippen molar-refractivity contribution in [3.05, 3.63) is 100 Å². The van der Waals surface area contributed by atoms with E-state index in [1.165, 1.54) is 4.90 Å². The van der Waals surface area contributed by atoms with Gasteiger partial charge in [-0.3, -0.25) is 9.59 Å². The maximum Gasteiger partial charge on any atom is 0.239 e. The molecule has 5 heteroatoms. The molecule has 0 N–H and O–H groups in total. The maximum atomic E-state index is 13.8. The molecule has 0 aromatic heterocycles. The van der Waals surface area contributed by atoms with Crippen LogP contribution < -0.4 is 4.90 Å². The van der Waals surface area contributed by atoms with E-state index in [4.69, 9.17) is 11.6 Å². The van der Waals surface area contributed by atoms with Crippen LogP contribution in [0.25, 0.3) is 0 Å². The van der Waals surface area contributed by atoms with Crippen molar-refractivity contribution in [2.45, 2.75) is 11.3 Å². The first-order valence-corrected chi connectivity index (χ1v) is 10.3. The Morgan fingerprint density at radius 1 is 0.800 bits per heavy atom. The number of anilines is 1. The van der Waals surface area contributed by atoms with Gasteiger partial charge in [-0.1, -0.05) is 72.3 Å². The fourth-order valence-corrected chi connectivity index (χ4v) is 6.12. The lowest BCUT2D eigenvalue weighted by Gasteiger charge is -2.51. The summed E-state index contributed by atoms with van der Waals surface area (Å²) in [6.45, 7) is 0. The fourth-order valence-electron chi connectivity index (χ4n) is 5.90. The third kappa shape index (κ3) is 1.86. The lowest BCUT2D eigenvalue weighted by molar-refractivity contribution is -0.128. The molecular weight excluding hydrogens is 398 g/mol. The summed E-state index contributed by atoms with van der Waals surface area (Å²) >= 11 is 6.35. The first-order chi connectivity index (χ1) is 14.6. The van der Waals surface area contributed by atoms with Gasteiger partial charge in [-0.2, -0.15) is 0 Å². The minimum atomic E-state index is -1.19. The molecule has 146 valence electrons. The highest BCUT2D eigenvalue weighted by Gasteiger charge is 2.68. The number of carbonyl (C=O) groups is 3. The summed E-state index contributed by atoms with van der Waals surface area (Å²) in [6, 6.07) is 22.2. The Morgan fingerprint density at radius 2 is 1.37 bits per heavy atom. The van der Waals surface area contributed by atoms with Gasteiger partial charge < -0.3 is 4.79 Å². The number of hydrogen-bond acceptors (Lipinski definition) is 3. The SMILES string of the molecule is O=CC12c3ccccc3C(c3ccccc31)C1C(=O)N(c3ccccc3Cl)C(=O)C12. The molecule has 7 rings (SSSR count). The molecule has 3 aromatic rings. The van der Waals surface area contributed by atoms with E-state index >= 15 is 0 Å². The quantitative estimate of drug-likeness (QED) is 0.469. The molecule has 4 nitrogen and oxygen atoms in total. The largest absolute Gasteiger partial charge is 0.302 e. The molecule has 0 saturated carbocycles. The molecule has 3 aromatic carbocycles. The van der Waals surface area contributed by atoms with Crippen LogP contribution in [0, 0.1) is 11.8 Å². The van der Waals surface area contributed by atoms with Gasteiger partial charge >= 0.3 is 0 Å². The summed E-state index contributed by atoms with van der Waals surface area (Å²) in [5.74, 6) is -2.34. The number of carbonyl (C=O) groups excluding carboxylic acids is 3. The van der Waals surface area contributed by atoms with Crippen LogP contribution >= 0.6 is 11.6 Å². The number of imide groups is 1. The average Bonchev–Trinajstić information content (AvgIpc) is 3.05. The van der Waals surface area contributed by atoms with Crippen molar-refractivity contribution in [1.29, 1.82) is 0 Å². The van der Waals surface area contributed by atoms with E-state index in [0.717, 1.165) is 28.5 Å². The minimum Gasteiger partial charge on any atom is -0.302 e. The fraction of sp³-hybridized carbons (Fsp3) is 0.160. The summed E-state index contributed by atoms with van der Waals surface area (Å²) in [5.41, 5.74) is 2.74. The minimum absolute atomic E-state index is 0.270. The van der Waals surface area contributed by atoms with Gasteiger partial charge in [-0.15, -0.1) is 0 Å². The van der Waals surface area contributed by atoms with Crippen LogP contribution in [0.4, 0.5) is 5.69 Å². The molecule has 2 unspecified atom stereocenters. The number of rotatable bonds is 2. The second-order valence-corrected chi connectivity index (χ2v) is 8.51. The summed E-state index contributed by atoms with van der Waals surface area (Å²) in [6.07, 6.45) is 0.874. The van der Waals surface area contributed by atoms with E-state index < -0.39 is 17.3 Å². The molecule has 3 aliphatic carbocycles. The molecule has 2 bridgehead atoms. The monoisotopic (exact) mass is 413 g/mol. The van der Waals surface area contributed by atoms with Crippen LogP contribution in [0.5, 0.6) is 0 Å². The number of para-hydroxylation sites is 1. The van der Waals surface area contributed by atoms with Gasteiger partial charge in [0.25, 0.3) is 0 Å². The summed E-state index contributed by atoms with van der Waals surface area (Å²) in [5, 5.41) is 0.334. The van der Waals surface area contributed by atoms with Crippen LogP contribution in [0.15, 0.2) is 72.8 Å². The maximum absolute atomic E-state index is 13.8. The van der Waals surface area contributed by atoms with E-state index in [0.29, 0.717) is 10.7 Å².